The van der Waals surface area contributed by atoms with Crippen LogP contribution in [0.25, 0.3) is 0 Å². The van der Waals surface area contributed by atoms with Crippen molar-refractivity contribution in [3.05, 3.63) is 23.3 Å². The molecule has 0 bridgehead atoms. The molecule has 0 fully saturated rings. The molecule has 0 aromatic carbocycles. The van der Waals surface area contributed by atoms with Crippen molar-refractivity contribution < 1.29 is 0 Å². The number of allylic oxidation sites excluding steroid dienone is 4. The minimum absolute atomic E-state index is 0.523. The number of hydrogen-bond donors (Lipinski definition) is 0. The van der Waals surface area contributed by atoms with Crippen molar-refractivity contribution in [2.24, 2.45) is 11.3 Å². The maximum atomic E-state index is 2.38. The van der Waals surface area contributed by atoms with Crippen molar-refractivity contribution in [1.29, 1.82) is 0 Å². The van der Waals surface area contributed by atoms with E-state index in [0.29, 0.717) is 5.41 Å². The molecule has 2 aliphatic rings. The minimum atomic E-state index is 0.523. The second kappa shape index (κ2) is 2.00. The highest BCUT2D eigenvalue weighted by Crippen LogP contribution is 2.49. The summed E-state index contributed by atoms with van der Waals surface area (Å²) >= 11 is 0. The van der Waals surface area contributed by atoms with E-state index < -0.39 is 0 Å². The third kappa shape index (κ3) is 0.885. The van der Waals surface area contributed by atoms with Gasteiger partial charge in [-0.25, -0.2) is 0 Å². The lowest BCUT2D eigenvalue weighted by Gasteiger charge is -2.25. The molecule has 0 N–H and O–H groups in total. The molecule has 0 aliphatic heterocycles. The minimum Gasteiger partial charge on any atom is -0.0802 e. The summed E-state index contributed by atoms with van der Waals surface area (Å²) in [5, 5.41) is 0. The molecule has 60 valence electrons. The van der Waals surface area contributed by atoms with Gasteiger partial charge in [-0.3, -0.25) is 0 Å². The van der Waals surface area contributed by atoms with Crippen LogP contribution in [-0.2, 0) is 0 Å². The van der Waals surface area contributed by atoms with Crippen LogP contribution in [0.2, 0.25) is 0 Å². The fraction of sp³-hybridized carbons (Fsp3) is 0.636. The van der Waals surface area contributed by atoms with E-state index in [1.54, 1.807) is 11.1 Å². The van der Waals surface area contributed by atoms with Crippen molar-refractivity contribution in [2.45, 2.75) is 33.6 Å². The fourth-order valence-corrected chi connectivity index (χ4v) is 2.31. The molecule has 0 saturated heterocycles. The fourth-order valence-electron chi connectivity index (χ4n) is 2.31. The van der Waals surface area contributed by atoms with Crippen LogP contribution in [0.1, 0.15) is 33.6 Å². The molecular weight excluding hydrogens is 132 g/mol. The lowest BCUT2D eigenvalue weighted by molar-refractivity contribution is 0.294. The Morgan fingerprint density at radius 2 is 2.18 bits per heavy atom. The topological polar surface area (TPSA) is 0 Å². The summed E-state index contributed by atoms with van der Waals surface area (Å²) in [6, 6.07) is 0. The summed E-state index contributed by atoms with van der Waals surface area (Å²) in [5.74, 6) is 0.774. The first-order chi connectivity index (χ1) is 5.11. The van der Waals surface area contributed by atoms with E-state index in [0.717, 1.165) is 5.92 Å². The van der Waals surface area contributed by atoms with E-state index in [2.05, 4.69) is 32.9 Å². The molecule has 2 rings (SSSR count). The third-order valence-electron chi connectivity index (χ3n) is 3.38. The Kier molecular flexibility index (Phi) is 1.30. The molecule has 0 heterocycles. The Hall–Kier alpha value is -0.520. The molecule has 0 aromatic heterocycles. The van der Waals surface area contributed by atoms with E-state index in [9.17, 15) is 0 Å². The lowest BCUT2D eigenvalue weighted by Crippen LogP contribution is -2.16. The van der Waals surface area contributed by atoms with Gasteiger partial charge in [0.15, 0.2) is 0 Å². The Balaban J connectivity index is 2.33. The first kappa shape index (κ1) is 7.15. The smallest absolute Gasteiger partial charge is 0.0129 e. The molecule has 0 spiro atoms. The van der Waals surface area contributed by atoms with Gasteiger partial charge in [0, 0.05) is 0 Å². The molecule has 0 heteroatoms. The van der Waals surface area contributed by atoms with Gasteiger partial charge in [0.05, 0.1) is 0 Å². The van der Waals surface area contributed by atoms with Crippen LogP contribution in [0.4, 0.5) is 0 Å². The second-order valence-electron chi connectivity index (χ2n) is 4.55. The van der Waals surface area contributed by atoms with E-state index in [1.165, 1.54) is 12.8 Å². The highest BCUT2D eigenvalue weighted by atomic mass is 14.4. The summed E-state index contributed by atoms with van der Waals surface area (Å²) in [4.78, 5) is 0. The van der Waals surface area contributed by atoms with Crippen molar-refractivity contribution >= 4 is 0 Å². The van der Waals surface area contributed by atoms with Crippen molar-refractivity contribution in [2.75, 3.05) is 0 Å². The van der Waals surface area contributed by atoms with Crippen LogP contribution in [0, 0.1) is 11.3 Å². The highest BCUT2D eigenvalue weighted by molar-refractivity contribution is 5.41. The first-order valence-electron chi connectivity index (χ1n) is 4.50. The maximum Gasteiger partial charge on any atom is -0.0129 e. The Morgan fingerprint density at radius 3 is 2.82 bits per heavy atom. The Labute approximate surface area is 69.0 Å². The molecule has 0 radical (unpaired) electrons. The standard InChI is InChI=1S/C11H16/c1-8-10-6-4-5-9(10)7-11(8,2)3/h4,6,8H,5,7H2,1-3H3/t8-/m1/s1. The van der Waals surface area contributed by atoms with Gasteiger partial charge in [-0.15, -0.1) is 0 Å². The molecule has 0 saturated carbocycles. The van der Waals surface area contributed by atoms with Crippen LogP contribution in [0.5, 0.6) is 0 Å². The number of hydrogen-bond acceptors (Lipinski definition) is 0. The average Bonchev–Trinajstić information content (AvgIpc) is 2.39. The van der Waals surface area contributed by atoms with Crippen LogP contribution < -0.4 is 0 Å². The van der Waals surface area contributed by atoms with Crippen LogP contribution in [0.3, 0.4) is 0 Å². The molecule has 0 amide bonds. The van der Waals surface area contributed by atoms with E-state index >= 15 is 0 Å². The highest BCUT2D eigenvalue weighted by Gasteiger charge is 2.37. The molecule has 0 aromatic rings. The van der Waals surface area contributed by atoms with Gasteiger partial charge in [0.1, 0.15) is 0 Å². The van der Waals surface area contributed by atoms with Gasteiger partial charge < -0.3 is 0 Å². The predicted octanol–water partition coefficient (Wildman–Crippen LogP) is 3.31. The zero-order valence-corrected chi connectivity index (χ0v) is 7.65. The molecule has 2 aliphatic carbocycles. The monoisotopic (exact) mass is 148 g/mol. The molecular formula is C11H16. The van der Waals surface area contributed by atoms with E-state index in [1.807, 2.05) is 0 Å². The summed E-state index contributed by atoms with van der Waals surface area (Å²) in [6.07, 6.45) is 7.17. The number of rotatable bonds is 0. The van der Waals surface area contributed by atoms with Crippen molar-refractivity contribution in [3.8, 4) is 0 Å². The molecule has 0 unspecified atom stereocenters. The molecule has 0 nitrogen and oxygen atoms in total. The zero-order valence-electron chi connectivity index (χ0n) is 7.65. The van der Waals surface area contributed by atoms with Gasteiger partial charge in [-0.1, -0.05) is 38.5 Å². The van der Waals surface area contributed by atoms with Crippen LogP contribution in [0.15, 0.2) is 23.3 Å². The maximum absolute atomic E-state index is 2.38. The predicted molar refractivity (Wildman–Crippen MR) is 48.3 cm³/mol. The van der Waals surface area contributed by atoms with Crippen molar-refractivity contribution in [3.63, 3.8) is 0 Å². The largest absolute Gasteiger partial charge is 0.0802 e. The molecule has 1 atom stereocenters. The summed E-state index contributed by atoms with van der Waals surface area (Å²) in [6.45, 7) is 7.12. The quantitative estimate of drug-likeness (QED) is 0.494. The van der Waals surface area contributed by atoms with Gasteiger partial charge in [0.25, 0.3) is 0 Å². The van der Waals surface area contributed by atoms with E-state index in [-0.39, 0.29) is 0 Å². The lowest BCUT2D eigenvalue weighted by atomic mass is 9.79. The van der Waals surface area contributed by atoms with Gasteiger partial charge >= 0.3 is 0 Å². The van der Waals surface area contributed by atoms with Gasteiger partial charge in [-0.05, 0) is 29.7 Å². The van der Waals surface area contributed by atoms with Crippen LogP contribution in [-0.4, -0.2) is 0 Å². The first-order valence-corrected chi connectivity index (χ1v) is 4.50. The normalized spacial score (nSPS) is 33.2. The van der Waals surface area contributed by atoms with Gasteiger partial charge in [0.2, 0.25) is 0 Å². The van der Waals surface area contributed by atoms with Gasteiger partial charge in [-0.2, -0.15) is 0 Å². The van der Waals surface area contributed by atoms with Crippen molar-refractivity contribution in [1.82, 2.24) is 0 Å². The Morgan fingerprint density at radius 1 is 1.45 bits per heavy atom. The second-order valence-corrected chi connectivity index (χ2v) is 4.55. The van der Waals surface area contributed by atoms with E-state index in [4.69, 9.17) is 0 Å². The zero-order chi connectivity index (χ0) is 8.06. The summed E-state index contributed by atoms with van der Waals surface area (Å²) in [7, 11) is 0. The third-order valence-corrected chi connectivity index (χ3v) is 3.38. The summed E-state index contributed by atoms with van der Waals surface area (Å²) < 4.78 is 0. The Bertz CT molecular complexity index is 241. The van der Waals surface area contributed by atoms with Crippen LogP contribution >= 0.6 is 0 Å². The SMILES string of the molecule is C[C@@H]1C2=C(CC=C2)CC1(C)C. The molecule has 11 heavy (non-hydrogen) atoms. The average molecular weight is 148 g/mol. The summed E-state index contributed by atoms with van der Waals surface area (Å²) in [5.41, 5.74) is 3.85.